The zero-order valence-electron chi connectivity index (χ0n) is 13.7. The molecule has 2 aliphatic rings. The molecule has 4 nitrogen and oxygen atoms in total. The van der Waals surface area contributed by atoms with Crippen molar-refractivity contribution in [2.45, 2.75) is 45.1 Å². The van der Waals surface area contributed by atoms with Crippen molar-refractivity contribution in [2.24, 2.45) is 5.92 Å². The summed E-state index contributed by atoms with van der Waals surface area (Å²) in [5, 5.41) is 10.1. The fraction of sp³-hybridized carbons (Fsp3) is 0.444. The molecule has 25 heavy (non-hydrogen) atoms. The van der Waals surface area contributed by atoms with Crippen molar-refractivity contribution in [1.82, 2.24) is 0 Å². The van der Waals surface area contributed by atoms with Crippen LogP contribution in [0.25, 0.3) is 0 Å². The van der Waals surface area contributed by atoms with Gasteiger partial charge < -0.3 is 5.11 Å². The Morgan fingerprint density at radius 3 is 2.28 bits per heavy atom. The Bertz CT molecular complexity index is 749. The smallest absolute Gasteiger partial charge is 0.294 e. The van der Waals surface area contributed by atoms with Gasteiger partial charge in [0, 0.05) is 5.02 Å². The number of rotatable bonds is 3. The number of Topliss-reactive ketones (excluding diaryl/α,β-unsaturated/α-hetero) is 1. The van der Waals surface area contributed by atoms with Crippen LogP contribution < -0.4 is 4.90 Å². The third kappa shape index (κ3) is 3.03. The zero-order chi connectivity index (χ0) is 18.3. The molecule has 1 fully saturated rings. The van der Waals surface area contributed by atoms with Crippen molar-refractivity contribution < 1.29 is 23.5 Å². The van der Waals surface area contributed by atoms with E-state index in [2.05, 4.69) is 0 Å². The zero-order valence-corrected chi connectivity index (χ0v) is 14.4. The quantitative estimate of drug-likeness (QED) is 0.863. The van der Waals surface area contributed by atoms with Gasteiger partial charge in [0.1, 0.15) is 5.69 Å². The summed E-state index contributed by atoms with van der Waals surface area (Å²) in [6, 6.07) is 0.956. The molecule has 134 valence electrons. The van der Waals surface area contributed by atoms with E-state index in [1.54, 1.807) is 0 Å². The monoisotopic (exact) mass is 369 g/mol. The minimum atomic E-state index is -1.00. The lowest BCUT2D eigenvalue weighted by Gasteiger charge is -2.35. The molecule has 1 heterocycles. The standard InChI is InChI=1S/C18H18ClF2NO3/c1-9(23)14-15(10-5-3-2-4-6-10)22(18(25)17(14)24)16-12(20)7-11(19)8-13(16)21/h7-8,10,15,24H,2-6H2,1H3. The van der Waals surface area contributed by atoms with Gasteiger partial charge >= 0.3 is 0 Å². The van der Waals surface area contributed by atoms with Gasteiger partial charge in [0.25, 0.3) is 5.91 Å². The molecule has 1 aliphatic heterocycles. The van der Waals surface area contributed by atoms with Crippen molar-refractivity contribution in [3.05, 3.63) is 40.1 Å². The highest BCUT2D eigenvalue weighted by Crippen LogP contribution is 2.42. The van der Waals surface area contributed by atoms with Crippen molar-refractivity contribution in [2.75, 3.05) is 4.90 Å². The van der Waals surface area contributed by atoms with Crippen molar-refractivity contribution in [3.8, 4) is 0 Å². The van der Waals surface area contributed by atoms with Crippen LogP contribution in [-0.4, -0.2) is 22.8 Å². The summed E-state index contributed by atoms with van der Waals surface area (Å²) in [7, 11) is 0. The number of hydrogen-bond acceptors (Lipinski definition) is 3. The third-order valence-corrected chi connectivity index (χ3v) is 5.17. The summed E-state index contributed by atoms with van der Waals surface area (Å²) in [5.74, 6) is -4.30. The van der Waals surface area contributed by atoms with E-state index >= 15 is 0 Å². The van der Waals surface area contributed by atoms with Crippen molar-refractivity contribution >= 4 is 29.0 Å². The number of aliphatic hydroxyl groups is 1. The van der Waals surface area contributed by atoms with Gasteiger partial charge in [0.2, 0.25) is 0 Å². The first kappa shape index (κ1) is 17.9. The first-order valence-corrected chi connectivity index (χ1v) is 8.63. The van der Waals surface area contributed by atoms with Crippen molar-refractivity contribution in [1.29, 1.82) is 0 Å². The molecule has 1 atom stereocenters. The second-order valence-corrected chi connectivity index (χ2v) is 6.99. The minimum Gasteiger partial charge on any atom is -0.503 e. The van der Waals surface area contributed by atoms with E-state index in [9.17, 15) is 23.5 Å². The molecule has 0 spiro atoms. The van der Waals surface area contributed by atoms with E-state index in [0.717, 1.165) is 49.1 Å². The maximum atomic E-state index is 14.4. The molecule has 1 N–H and O–H groups in total. The predicted octanol–water partition coefficient (Wildman–Crippen LogP) is 4.31. The van der Waals surface area contributed by atoms with E-state index in [1.165, 1.54) is 6.92 Å². The van der Waals surface area contributed by atoms with Gasteiger partial charge in [0.15, 0.2) is 23.2 Å². The van der Waals surface area contributed by atoms with Gasteiger partial charge in [0.05, 0.1) is 11.6 Å². The topological polar surface area (TPSA) is 57.6 Å². The first-order chi connectivity index (χ1) is 11.8. The number of halogens is 3. The molecule has 1 saturated carbocycles. The molecule has 7 heteroatoms. The van der Waals surface area contributed by atoms with E-state index in [0.29, 0.717) is 0 Å². The lowest BCUT2D eigenvalue weighted by atomic mass is 9.80. The average molecular weight is 370 g/mol. The Morgan fingerprint density at radius 1 is 1.20 bits per heavy atom. The van der Waals surface area contributed by atoms with Crippen LogP contribution >= 0.6 is 11.6 Å². The van der Waals surface area contributed by atoms with Crippen LogP contribution in [0.5, 0.6) is 0 Å². The number of hydrogen-bond donors (Lipinski definition) is 1. The number of aliphatic hydroxyl groups excluding tert-OH is 1. The molecule has 1 aromatic carbocycles. The predicted molar refractivity (Wildman–Crippen MR) is 89.6 cm³/mol. The van der Waals surface area contributed by atoms with Crippen LogP contribution in [0.4, 0.5) is 14.5 Å². The van der Waals surface area contributed by atoms with E-state index in [4.69, 9.17) is 11.6 Å². The Balaban J connectivity index is 2.14. The highest BCUT2D eigenvalue weighted by atomic mass is 35.5. The second kappa shape index (κ2) is 6.75. The number of carbonyl (C=O) groups excluding carboxylic acids is 2. The first-order valence-electron chi connectivity index (χ1n) is 8.25. The molecule has 3 rings (SSSR count). The Hall–Kier alpha value is -1.95. The molecular weight excluding hydrogens is 352 g/mol. The number of ketones is 1. The van der Waals surface area contributed by atoms with Crippen LogP contribution in [0.1, 0.15) is 39.0 Å². The van der Waals surface area contributed by atoms with Crippen LogP contribution in [0.3, 0.4) is 0 Å². The number of benzene rings is 1. The van der Waals surface area contributed by atoms with Crippen LogP contribution in [0.15, 0.2) is 23.5 Å². The summed E-state index contributed by atoms with van der Waals surface area (Å²) >= 11 is 5.66. The highest BCUT2D eigenvalue weighted by molar-refractivity contribution is 6.30. The summed E-state index contributed by atoms with van der Waals surface area (Å²) in [5.41, 5.74) is -0.640. The fourth-order valence-corrected chi connectivity index (χ4v) is 4.09. The molecule has 0 aromatic heterocycles. The maximum Gasteiger partial charge on any atom is 0.294 e. The van der Waals surface area contributed by atoms with Gasteiger partial charge in [-0.3, -0.25) is 14.5 Å². The summed E-state index contributed by atoms with van der Waals surface area (Å²) in [6.07, 6.45) is 4.28. The van der Waals surface area contributed by atoms with Gasteiger partial charge in [-0.25, -0.2) is 8.78 Å². The van der Waals surface area contributed by atoms with Gasteiger partial charge in [-0.2, -0.15) is 0 Å². The second-order valence-electron chi connectivity index (χ2n) is 6.55. The van der Waals surface area contributed by atoms with Crippen LogP contribution in [-0.2, 0) is 9.59 Å². The molecule has 1 amide bonds. The number of anilines is 1. The van der Waals surface area contributed by atoms with E-state index in [-0.39, 0.29) is 16.5 Å². The lowest BCUT2D eigenvalue weighted by molar-refractivity contribution is -0.117. The Morgan fingerprint density at radius 2 is 1.76 bits per heavy atom. The van der Waals surface area contributed by atoms with Gasteiger partial charge in [-0.15, -0.1) is 0 Å². The summed E-state index contributed by atoms with van der Waals surface area (Å²) in [6.45, 7) is 1.24. The molecule has 0 bridgehead atoms. The molecule has 1 unspecified atom stereocenters. The fourth-order valence-electron chi connectivity index (χ4n) is 3.90. The normalized spacial score (nSPS) is 22.0. The third-order valence-electron chi connectivity index (χ3n) is 4.95. The summed E-state index contributed by atoms with van der Waals surface area (Å²) < 4.78 is 28.9. The molecule has 1 aliphatic carbocycles. The van der Waals surface area contributed by atoms with Gasteiger partial charge in [-0.1, -0.05) is 30.9 Å². The van der Waals surface area contributed by atoms with Crippen LogP contribution in [0.2, 0.25) is 5.02 Å². The molecule has 1 aromatic rings. The van der Waals surface area contributed by atoms with Crippen molar-refractivity contribution in [3.63, 3.8) is 0 Å². The number of carbonyl (C=O) groups is 2. The molecular formula is C18H18ClF2NO3. The lowest BCUT2D eigenvalue weighted by Crippen LogP contribution is -2.43. The average Bonchev–Trinajstić information content (AvgIpc) is 2.80. The largest absolute Gasteiger partial charge is 0.503 e. The van der Waals surface area contributed by atoms with Crippen LogP contribution in [0, 0.1) is 17.6 Å². The number of amides is 1. The highest BCUT2D eigenvalue weighted by Gasteiger charge is 2.47. The molecule has 0 radical (unpaired) electrons. The minimum absolute atomic E-state index is 0.0642. The Kier molecular flexibility index (Phi) is 4.82. The Labute approximate surface area is 149 Å². The van der Waals surface area contributed by atoms with Gasteiger partial charge in [-0.05, 0) is 37.8 Å². The number of nitrogens with zero attached hydrogens (tertiary/aromatic N) is 1. The maximum absolute atomic E-state index is 14.4. The molecule has 0 saturated heterocycles. The van der Waals surface area contributed by atoms with E-state index in [1.807, 2.05) is 0 Å². The van der Waals surface area contributed by atoms with E-state index < -0.39 is 40.8 Å². The summed E-state index contributed by atoms with van der Waals surface area (Å²) in [4.78, 5) is 25.5. The SMILES string of the molecule is CC(=O)C1=C(O)C(=O)N(c2c(F)cc(Cl)cc2F)C1C1CCCCC1.